The molecule has 5 rings (SSSR count). The van der Waals surface area contributed by atoms with Gasteiger partial charge in [-0.1, -0.05) is 11.8 Å². The largest absolute Gasteiger partial charge is 0.454 e. The highest BCUT2D eigenvalue weighted by Crippen LogP contribution is 2.37. The predicted octanol–water partition coefficient (Wildman–Crippen LogP) is 2.09. The standard InChI is InChI=1S/C20H24N6O4S/c1-12(31-20-22-23-24-26(20)15-3-4-15)19(28)25-8-6-13(7-9-25)18(27)21-14-2-5-16-17(10-14)30-11-29-16/h2,5,10,12-13,15H,3-4,6-9,11H2,1H3,(H,21,27). The first kappa shape index (κ1) is 20.1. The number of hydrogen-bond donors (Lipinski definition) is 1. The Kier molecular flexibility index (Phi) is 5.43. The van der Waals surface area contributed by atoms with Gasteiger partial charge in [0.15, 0.2) is 11.5 Å². The number of nitrogens with zero attached hydrogens (tertiary/aromatic N) is 5. The lowest BCUT2D eigenvalue weighted by Crippen LogP contribution is -2.44. The number of tetrazole rings is 1. The summed E-state index contributed by atoms with van der Waals surface area (Å²) >= 11 is 1.40. The summed E-state index contributed by atoms with van der Waals surface area (Å²) in [5.74, 6) is 1.22. The van der Waals surface area contributed by atoms with Crippen molar-refractivity contribution in [2.75, 3.05) is 25.2 Å². The normalized spacial score (nSPS) is 19.3. The van der Waals surface area contributed by atoms with E-state index in [0.29, 0.717) is 54.3 Å². The Labute approximate surface area is 183 Å². The van der Waals surface area contributed by atoms with Gasteiger partial charge in [0, 0.05) is 30.8 Å². The average Bonchev–Trinajstić information content (AvgIpc) is 3.34. The van der Waals surface area contributed by atoms with Gasteiger partial charge in [0.1, 0.15) is 0 Å². The summed E-state index contributed by atoms with van der Waals surface area (Å²) in [6.45, 7) is 3.22. The third kappa shape index (κ3) is 4.32. The molecular weight excluding hydrogens is 420 g/mol. The van der Waals surface area contributed by atoms with Crippen LogP contribution in [-0.2, 0) is 9.59 Å². The Hall–Kier alpha value is -2.82. The summed E-state index contributed by atoms with van der Waals surface area (Å²) in [6, 6.07) is 5.74. The molecule has 0 radical (unpaired) electrons. The predicted molar refractivity (Wildman–Crippen MR) is 112 cm³/mol. The van der Waals surface area contributed by atoms with Gasteiger partial charge in [-0.15, -0.1) is 5.10 Å². The Morgan fingerprint density at radius 3 is 2.71 bits per heavy atom. The van der Waals surface area contributed by atoms with Gasteiger partial charge in [0.25, 0.3) is 0 Å². The molecule has 1 atom stereocenters. The number of piperidine rings is 1. The number of benzene rings is 1. The molecule has 10 nitrogen and oxygen atoms in total. The van der Waals surface area contributed by atoms with Crippen LogP contribution in [0.1, 0.15) is 38.6 Å². The van der Waals surface area contributed by atoms with E-state index in [2.05, 4.69) is 20.8 Å². The molecule has 1 N–H and O–H groups in total. The number of anilines is 1. The van der Waals surface area contributed by atoms with Gasteiger partial charge in [-0.05, 0) is 55.2 Å². The number of ether oxygens (including phenoxy) is 2. The highest BCUT2D eigenvalue weighted by atomic mass is 32.2. The van der Waals surface area contributed by atoms with Crippen molar-refractivity contribution in [3.8, 4) is 11.5 Å². The molecule has 3 aliphatic rings. The number of carbonyl (C=O) groups excluding carboxylic acids is 2. The van der Waals surface area contributed by atoms with E-state index in [-0.39, 0.29) is 29.8 Å². The number of fused-ring (bicyclic) bond motifs is 1. The van der Waals surface area contributed by atoms with Crippen LogP contribution in [0.2, 0.25) is 0 Å². The van der Waals surface area contributed by atoms with Crippen LogP contribution in [-0.4, -0.2) is 62.1 Å². The number of amides is 2. The molecule has 1 saturated carbocycles. The number of likely N-dealkylation sites (tertiary alicyclic amines) is 1. The smallest absolute Gasteiger partial charge is 0.235 e. The van der Waals surface area contributed by atoms with E-state index < -0.39 is 0 Å². The highest BCUT2D eigenvalue weighted by Gasteiger charge is 2.32. The second-order valence-corrected chi connectivity index (χ2v) is 9.36. The van der Waals surface area contributed by atoms with Gasteiger partial charge in [-0.25, -0.2) is 4.68 Å². The Morgan fingerprint density at radius 1 is 1.16 bits per heavy atom. The Morgan fingerprint density at radius 2 is 1.94 bits per heavy atom. The summed E-state index contributed by atoms with van der Waals surface area (Å²) in [6.07, 6.45) is 3.45. The third-order valence-corrected chi connectivity index (χ3v) is 6.84. The van der Waals surface area contributed by atoms with Gasteiger partial charge >= 0.3 is 0 Å². The molecule has 11 heteroatoms. The van der Waals surface area contributed by atoms with E-state index in [1.54, 1.807) is 18.2 Å². The molecule has 0 spiro atoms. The van der Waals surface area contributed by atoms with Crippen LogP contribution in [0.25, 0.3) is 0 Å². The zero-order valence-corrected chi connectivity index (χ0v) is 18.0. The van der Waals surface area contributed by atoms with Gasteiger partial charge in [-0.2, -0.15) is 0 Å². The average molecular weight is 445 g/mol. The molecule has 2 amide bonds. The summed E-state index contributed by atoms with van der Waals surface area (Å²) in [5.41, 5.74) is 0.686. The van der Waals surface area contributed by atoms with Crippen LogP contribution < -0.4 is 14.8 Å². The topological polar surface area (TPSA) is 111 Å². The first-order valence-electron chi connectivity index (χ1n) is 10.5. The molecule has 2 aliphatic heterocycles. The lowest BCUT2D eigenvalue weighted by molar-refractivity contribution is -0.133. The minimum absolute atomic E-state index is 0.0306. The second-order valence-electron chi connectivity index (χ2n) is 8.05. The van der Waals surface area contributed by atoms with Crippen LogP contribution in [0.3, 0.4) is 0 Å². The van der Waals surface area contributed by atoms with E-state index in [1.807, 2.05) is 16.5 Å². The maximum atomic E-state index is 12.9. The van der Waals surface area contributed by atoms with Crippen LogP contribution in [0.4, 0.5) is 5.69 Å². The summed E-state index contributed by atoms with van der Waals surface area (Å²) in [5, 5.41) is 15.2. The Balaban J connectivity index is 1.12. The maximum absolute atomic E-state index is 12.9. The number of hydrogen-bond acceptors (Lipinski definition) is 8. The number of aromatic nitrogens is 4. The van der Waals surface area contributed by atoms with Crippen molar-refractivity contribution in [2.24, 2.45) is 5.92 Å². The number of nitrogens with one attached hydrogen (secondary N) is 1. The van der Waals surface area contributed by atoms with E-state index in [4.69, 9.17) is 9.47 Å². The van der Waals surface area contributed by atoms with Gasteiger partial charge in [0.05, 0.1) is 11.3 Å². The fourth-order valence-electron chi connectivity index (χ4n) is 3.86. The third-order valence-electron chi connectivity index (χ3n) is 5.80. The maximum Gasteiger partial charge on any atom is 0.235 e. The van der Waals surface area contributed by atoms with Crippen LogP contribution in [0.15, 0.2) is 23.4 Å². The summed E-state index contributed by atoms with van der Waals surface area (Å²) in [4.78, 5) is 27.4. The van der Waals surface area contributed by atoms with Crippen molar-refractivity contribution in [1.29, 1.82) is 0 Å². The molecule has 3 heterocycles. The van der Waals surface area contributed by atoms with Crippen molar-refractivity contribution in [1.82, 2.24) is 25.1 Å². The lowest BCUT2D eigenvalue weighted by Gasteiger charge is -2.32. The monoisotopic (exact) mass is 444 g/mol. The first-order chi connectivity index (χ1) is 15.1. The molecule has 1 aromatic carbocycles. The van der Waals surface area contributed by atoms with E-state index >= 15 is 0 Å². The molecular formula is C20H24N6O4S. The molecule has 2 aromatic rings. The molecule has 2 fully saturated rings. The van der Waals surface area contributed by atoms with Gasteiger partial charge in [0.2, 0.25) is 23.8 Å². The van der Waals surface area contributed by atoms with Crippen LogP contribution >= 0.6 is 11.8 Å². The molecule has 31 heavy (non-hydrogen) atoms. The summed E-state index contributed by atoms with van der Waals surface area (Å²) in [7, 11) is 0. The van der Waals surface area contributed by atoms with Crippen molar-refractivity contribution >= 4 is 29.3 Å². The van der Waals surface area contributed by atoms with Crippen LogP contribution in [0, 0.1) is 5.92 Å². The SMILES string of the molecule is CC(Sc1nnnn1C1CC1)C(=O)N1CCC(C(=O)Nc2ccc3c(c2)OCO3)CC1. The number of rotatable bonds is 6. The lowest BCUT2D eigenvalue weighted by atomic mass is 9.95. The quantitative estimate of drug-likeness (QED) is 0.674. The van der Waals surface area contributed by atoms with E-state index in [0.717, 1.165) is 12.8 Å². The number of carbonyl (C=O) groups is 2. The second kappa shape index (κ2) is 8.37. The van der Waals surface area contributed by atoms with Crippen LogP contribution in [0.5, 0.6) is 11.5 Å². The molecule has 164 valence electrons. The first-order valence-corrected chi connectivity index (χ1v) is 11.4. The zero-order chi connectivity index (χ0) is 21.4. The molecule has 1 aliphatic carbocycles. The van der Waals surface area contributed by atoms with Crippen molar-refractivity contribution in [2.45, 2.75) is 49.1 Å². The molecule has 1 unspecified atom stereocenters. The number of thioether (sulfide) groups is 1. The molecule has 1 saturated heterocycles. The van der Waals surface area contributed by atoms with Crippen molar-refractivity contribution in [3.63, 3.8) is 0 Å². The summed E-state index contributed by atoms with van der Waals surface area (Å²) < 4.78 is 12.5. The minimum atomic E-state index is -0.275. The van der Waals surface area contributed by atoms with Crippen molar-refractivity contribution < 1.29 is 19.1 Å². The highest BCUT2D eigenvalue weighted by molar-refractivity contribution is 8.00. The fraction of sp³-hybridized carbons (Fsp3) is 0.550. The fourth-order valence-corrected chi connectivity index (χ4v) is 4.80. The van der Waals surface area contributed by atoms with Crippen molar-refractivity contribution in [3.05, 3.63) is 18.2 Å². The zero-order valence-electron chi connectivity index (χ0n) is 17.2. The molecule has 0 bridgehead atoms. The van der Waals surface area contributed by atoms with E-state index in [9.17, 15) is 9.59 Å². The molecule has 1 aromatic heterocycles. The van der Waals surface area contributed by atoms with Gasteiger partial charge in [-0.3, -0.25) is 9.59 Å². The Bertz CT molecular complexity index is 986. The van der Waals surface area contributed by atoms with E-state index in [1.165, 1.54) is 11.8 Å². The van der Waals surface area contributed by atoms with Gasteiger partial charge < -0.3 is 19.7 Å². The minimum Gasteiger partial charge on any atom is -0.454 e.